The molecule has 1 aromatic carbocycles. The second-order valence-electron chi connectivity index (χ2n) is 7.45. The highest BCUT2D eigenvalue weighted by Gasteiger charge is 2.19. The zero-order chi connectivity index (χ0) is 19.6. The Kier molecular flexibility index (Phi) is 5.39. The summed E-state index contributed by atoms with van der Waals surface area (Å²) < 4.78 is 16.7. The lowest BCUT2D eigenvalue weighted by Gasteiger charge is -2.21. The van der Waals surface area contributed by atoms with Crippen molar-refractivity contribution in [2.75, 3.05) is 6.61 Å². The number of aliphatic hydroxyl groups excluding tert-OH is 1. The summed E-state index contributed by atoms with van der Waals surface area (Å²) in [5, 5.41) is 21.4. The van der Waals surface area contributed by atoms with E-state index in [9.17, 15) is 15.0 Å². The molecule has 0 aliphatic heterocycles. The van der Waals surface area contributed by atoms with Gasteiger partial charge in [0.1, 0.15) is 6.61 Å². The number of ether oxygens (including phenoxy) is 1. The number of rotatable bonds is 7. The third-order valence-electron chi connectivity index (χ3n) is 4.24. The summed E-state index contributed by atoms with van der Waals surface area (Å²) in [5.74, 6) is 0.381. The second-order valence-corrected chi connectivity index (χ2v) is 7.45. The van der Waals surface area contributed by atoms with Crippen LogP contribution in [-0.4, -0.2) is 28.5 Å². The average molecular weight is 372 g/mol. The standard InChI is InChI=1S/C21H24O6/c1-13(10-16(22)12-21(2,3)24)6-8-26-20-18-15(7-9-25-18)11-14-4-5-17(23)27-19(14)20/h4-7,9,11,16,22,24H,8,10,12H2,1-3H3/b13-6+. The van der Waals surface area contributed by atoms with Crippen molar-refractivity contribution in [3.8, 4) is 5.75 Å². The Morgan fingerprint density at radius 3 is 2.74 bits per heavy atom. The molecule has 0 bridgehead atoms. The minimum absolute atomic E-state index is 0.231. The number of fused-ring (bicyclic) bond motifs is 2. The molecule has 0 saturated heterocycles. The molecule has 0 radical (unpaired) electrons. The molecule has 1 unspecified atom stereocenters. The zero-order valence-electron chi connectivity index (χ0n) is 15.7. The number of hydrogen-bond donors (Lipinski definition) is 2. The third kappa shape index (κ3) is 4.78. The molecule has 6 heteroatoms. The van der Waals surface area contributed by atoms with E-state index in [1.54, 1.807) is 26.2 Å². The second kappa shape index (κ2) is 7.58. The minimum Gasteiger partial charge on any atom is -0.482 e. The number of hydrogen-bond acceptors (Lipinski definition) is 6. The van der Waals surface area contributed by atoms with Crippen LogP contribution in [0.2, 0.25) is 0 Å². The molecule has 0 fully saturated rings. The van der Waals surface area contributed by atoms with Crippen LogP contribution in [0.4, 0.5) is 0 Å². The van der Waals surface area contributed by atoms with E-state index in [1.165, 1.54) is 6.07 Å². The number of benzene rings is 1. The molecule has 0 saturated carbocycles. The van der Waals surface area contributed by atoms with Crippen LogP contribution in [-0.2, 0) is 0 Å². The number of aliphatic hydroxyl groups is 2. The molecule has 2 heterocycles. The molecular formula is C21H24O6. The summed E-state index contributed by atoms with van der Waals surface area (Å²) in [5.41, 5.74) is 0.425. The van der Waals surface area contributed by atoms with E-state index >= 15 is 0 Å². The molecule has 0 amide bonds. The van der Waals surface area contributed by atoms with Gasteiger partial charge in [0.2, 0.25) is 5.75 Å². The summed E-state index contributed by atoms with van der Waals surface area (Å²) in [6.45, 7) is 5.46. The molecule has 2 N–H and O–H groups in total. The van der Waals surface area contributed by atoms with E-state index in [-0.39, 0.29) is 6.61 Å². The fourth-order valence-electron chi connectivity index (χ4n) is 3.11. The Hall–Kier alpha value is -2.57. The largest absolute Gasteiger partial charge is 0.482 e. The third-order valence-corrected chi connectivity index (χ3v) is 4.24. The maximum absolute atomic E-state index is 11.6. The van der Waals surface area contributed by atoms with E-state index in [0.717, 1.165) is 16.3 Å². The highest BCUT2D eigenvalue weighted by molar-refractivity contribution is 5.99. The maximum Gasteiger partial charge on any atom is 0.336 e. The lowest BCUT2D eigenvalue weighted by atomic mass is 9.97. The SMILES string of the molecule is C/C(=C\COc1c2occc2cc2ccc(=O)oc12)CC(O)CC(C)(C)O. The van der Waals surface area contributed by atoms with Crippen LogP contribution in [0.15, 0.2) is 55.8 Å². The van der Waals surface area contributed by atoms with Gasteiger partial charge in [0, 0.05) is 23.3 Å². The Morgan fingerprint density at radius 1 is 1.26 bits per heavy atom. The van der Waals surface area contributed by atoms with Crippen LogP contribution >= 0.6 is 0 Å². The number of furan rings is 1. The van der Waals surface area contributed by atoms with Crippen molar-refractivity contribution in [3.63, 3.8) is 0 Å². The van der Waals surface area contributed by atoms with Crippen LogP contribution in [0.3, 0.4) is 0 Å². The van der Waals surface area contributed by atoms with Crippen molar-refractivity contribution in [3.05, 3.63) is 52.6 Å². The highest BCUT2D eigenvalue weighted by Crippen LogP contribution is 2.35. The van der Waals surface area contributed by atoms with Gasteiger partial charge in [-0.3, -0.25) is 0 Å². The molecule has 144 valence electrons. The van der Waals surface area contributed by atoms with Crippen molar-refractivity contribution < 1.29 is 23.8 Å². The zero-order valence-corrected chi connectivity index (χ0v) is 15.7. The van der Waals surface area contributed by atoms with Crippen molar-refractivity contribution in [2.24, 2.45) is 0 Å². The molecule has 3 rings (SSSR count). The predicted octanol–water partition coefficient (Wildman–Crippen LogP) is 3.78. The van der Waals surface area contributed by atoms with E-state index in [2.05, 4.69) is 0 Å². The summed E-state index contributed by atoms with van der Waals surface area (Å²) in [6, 6.07) is 6.75. The van der Waals surface area contributed by atoms with Gasteiger partial charge in [0.05, 0.1) is 18.0 Å². The Labute approximate surface area is 156 Å². The van der Waals surface area contributed by atoms with Gasteiger partial charge >= 0.3 is 5.63 Å². The first-order chi connectivity index (χ1) is 12.7. The molecule has 0 aliphatic rings. The van der Waals surface area contributed by atoms with Crippen molar-refractivity contribution in [2.45, 2.75) is 45.3 Å². The molecule has 27 heavy (non-hydrogen) atoms. The summed E-state index contributed by atoms with van der Waals surface area (Å²) >= 11 is 0. The topological polar surface area (TPSA) is 93.0 Å². The van der Waals surface area contributed by atoms with E-state index in [0.29, 0.717) is 29.8 Å². The van der Waals surface area contributed by atoms with Gasteiger partial charge in [-0.2, -0.15) is 0 Å². The summed E-state index contributed by atoms with van der Waals surface area (Å²) in [7, 11) is 0. The molecule has 2 aromatic heterocycles. The van der Waals surface area contributed by atoms with Gasteiger partial charge in [0.15, 0.2) is 11.2 Å². The fourth-order valence-corrected chi connectivity index (χ4v) is 3.11. The minimum atomic E-state index is -0.915. The van der Waals surface area contributed by atoms with Gasteiger partial charge in [-0.25, -0.2) is 4.79 Å². The quantitative estimate of drug-likeness (QED) is 0.484. The highest BCUT2D eigenvalue weighted by atomic mass is 16.5. The van der Waals surface area contributed by atoms with Gasteiger partial charge < -0.3 is 23.8 Å². The van der Waals surface area contributed by atoms with E-state index < -0.39 is 17.3 Å². The van der Waals surface area contributed by atoms with Crippen LogP contribution in [0, 0.1) is 0 Å². The monoisotopic (exact) mass is 372 g/mol. The van der Waals surface area contributed by atoms with Crippen LogP contribution in [0.25, 0.3) is 21.9 Å². The first kappa shape index (κ1) is 19.2. The molecule has 0 aliphatic carbocycles. The van der Waals surface area contributed by atoms with Crippen LogP contribution in [0.5, 0.6) is 5.75 Å². The molecule has 1 atom stereocenters. The van der Waals surface area contributed by atoms with Crippen molar-refractivity contribution >= 4 is 21.9 Å². The summed E-state index contributed by atoms with van der Waals surface area (Å²) in [6.07, 6.45) is 3.51. The smallest absolute Gasteiger partial charge is 0.336 e. The molecule has 0 spiro atoms. The Bertz CT molecular complexity index is 1020. The first-order valence-electron chi connectivity index (χ1n) is 8.86. The molecular weight excluding hydrogens is 348 g/mol. The van der Waals surface area contributed by atoms with E-state index in [4.69, 9.17) is 13.6 Å². The molecule has 3 aromatic rings. The van der Waals surface area contributed by atoms with Crippen molar-refractivity contribution in [1.29, 1.82) is 0 Å². The summed E-state index contributed by atoms with van der Waals surface area (Å²) in [4.78, 5) is 11.6. The van der Waals surface area contributed by atoms with Crippen LogP contribution < -0.4 is 10.4 Å². The van der Waals surface area contributed by atoms with Crippen molar-refractivity contribution in [1.82, 2.24) is 0 Å². The van der Waals surface area contributed by atoms with Gasteiger partial charge in [-0.15, -0.1) is 0 Å². The van der Waals surface area contributed by atoms with Gasteiger partial charge in [0.25, 0.3) is 0 Å². The lowest BCUT2D eigenvalue weighted by molar-refractivity contribution is 0.0189. The average Bonchev–Trinajstić information content (AvgIpc) is 3.00. The first-order valence-corrected chi connectivity index (χ1v) is 8.86. The predicted molar refractivity (Wildman–Crippen MR) is 103 cm³/mol. The normalized spacial score (nSPS) is 14.0. The Balaban J connectivity index is 1.79. The van der Waals surface area contributed by atoms with E-state index in [1.807, 2.05) is 25.1 Å². The maximum atomic E-state index is 11.6. The van der Waals surface area contributed by atoms with Gasteiger partial charge in [-0.05, 0) is 51.5 Å². The Morgan fingerprint density at radius 2 is 2.00 bits per heavy atom. The lowest BCUT2D eigenvalue weighted by Crippen LogP contribution is -2.26. The fraction of sp³-hybridized carbons (Fsp3) is 0.381. The van der Waals surface area contributed by atoms with Gasteiger partial charge in [-0.1, -0.05) is 5.57 Å². The van der Waals surface area contributed by atoms with Crippen LogP contribution in [0.1, 0.15) is 33.6 Å². The molecule has 6 nitrogen and oxygen atoms in total.